The Hall–Kier alpha value is -2.94. The number of aliphatic hydroxyl groups excluding tert-OH is 1. The van der Waals surface area contributed by atoms with Gasteiger partial charge in [-0.1, -0.05) is 54.1 Å². The quantitative estimate of drug-likeness (QED) is 0.515. The third kappa shape index (κ3) is 4.02. The number of amides is 3. The van der Waals surface area contributed by atoms with Crippen LogP contribution in [0.5, 0.6) is 0 Å². The lowest BCUT2D eigenvalue weighted by molar-refractivity contribution is -0.147. The molecule has 0 aromatic heterocycles. The number of carbonyl (C=O) groups is 3. The molecule has 2 aromatic carbocycles. The second-order valence-electron chi connectivity index (χ2n) is 10.6. The van der Waals surface area contributed by atoms with Crippen LogP contribution in [0.4, 0.5) is 5.69 Å². The fraction of sp³-hybridized carbons (Fsp3) is 0.464. The molecule has 3 N–H and O–H groups in total. The maximum Gasteiger partial charge on any atom is 0.250 e. The summed E-state index contributed by atoms with van der Waals surface area (Å²) in [6, 6.07) is 13.2. The average Bonchev–Trinajstić information content (AvgIpc) is 3.45. The first-order valence-corrected chi connectivity index (χ1v) is 13.0. The number of fused-ring (bicyclic) bond motifs is 1. The highest BCUT2D eigenvalue weighted by molar-refractivity contribution is 6.34. The van der Waals surface area contributed by atoms with Crippen LogP contribution in [0.3, 0.4) is 0 Å². The van der Waals surface area contributed by atoms with Crippen molar-refractivity contribution < 1.29 is 24.2 Å². The number of carbonyl (C=O) groups excluding carboxylic acids is 3. The molecule has 3 saturated heterocycles. The van der Waals surface area contributed by atoms with Gasteiger partial charge in [0.2, 0.25) is 17.7 Å². The number of hydrogen-bond acceptors (Lipinski definition) is 5. The van der Waals surface area contributed by atoms with Crippen LogP contribution in [0.1, 0.15) is 37.8 Å². The van der Waals surface area contributed by atoms with Gasteiger partial charge < -0.3 is 25.4 Å². The largest absolute Gasteiger partial charge is 0.394 e. The number of likely N-dealkylation sites (tertiary alicyclic amines) is 1. The van der Waals surface area contributed by atoms with E-state index in [2.05, 4.69) is 10.6 Å². The molecule has 3 aliphatic heterocycles. The van der Waals surface area contributed by atoms with E-state index >= 15 is 0 Å². The summed E-state index contributed by atoms with van der Waals surface area (Å²) in [6.07, 6.45) is 0.993. The molecule has 0 saturated carbocycles. The minimum absolute atomic E-state index is 0.272. The molecule has 1 spiro atoms. The number of ether oxygens (including phenoxy) is 1. The fourth-order valence-corrected chi connectivity index (χ4v) is 6.77. The van der Waals surface area contributed by atoms with Crippen molar-refractivity contribution in [2.75, 3.05) is 11.9 Å². The van der Waals surface area contributed by atoms with Crippen molar-refractivity contribution in [3.05, 3.63) is 64.7 Å². The summed E-state index contributed by atoms with van der Waals surface area (Å²) in [4.78, 5) is 42.8. The van der Waals surface area contributed by atoms with Gasteiger partial charge in [0.25, 0.3) is 0 Å². The third-order valence-corrected chi connectivity index (χ3v) is 8.58. The lowest BCUT2D eigenvalue weighted by Crippen LogP contribution is -2.56. The maximum absolute atomic E-state index is 14.0. The molecule has 2 unspecified atom stereocenters. The zero-order valence-electron chi connectivity index (χ0n) is 21.2. The van der Waals surface area contributed by atoms with Crippen molar-refractivity contribution in [1.29, 1.82) is 0 Å². The van der Waals surface area contributed by atoms with E-state index in [1.165, 1.54) is 4.90 Å². The first-order valence-electron chi connectivity index (χ1n) is 12.6. The highest BCUT2D eigenvalue weighted by Crippen LogP contribution is 2.63. The number of aliphatic hydroxyl groups is 1. The molecule has 9 heteroatoms. The summed E-state index contributed by atoms with van der Waals surface area (Å²) in [7, 11) is 0. The molecule has 3 heterocycles. The van der Waals surface area contributed by atoms with Gasteiger partial charge in [-0.15, -0.1) is 0 Å². The van der Waals surface area contributed by atoms with E-state index in [4.69, 9.17) is 16.3 Å². The number of anilines is 1. The first kappa shape index (κ1) is 25.7. The van der Waals surface area contributed by atoms with Crippen LogP contribution < -0.4 is 10.6 Å². The normalized spacial score (nSPS) is 30.8. The van der Waals surface area contributed by atoms with E-state index < -0.39 is 41.0 Å². The maximum atomic E-state index is 14.0. The summed E-state index contributed by atoms with van der Waals surface area (Å²) in [5.74, 6) is -2.65. The summed E-state index contributed by atoms with van der Waals surface area (Å²) >= 11 is 6.38. The minimum atomic E-state index is -1.18. The Bertz CT molecular complexity index is 1220. The van der Waals surface area contributed by atoms with Crippen LogP contribution in [0, 0.1) is 18.8 Å². The second kappa shape index (κ2) is 9.42. The van der Waals surface area contributed by atoms with Gasteiger partial charge in [-0.05, 0) is 50.8 Å². The third-order valence-electron chi connectivity index (χ3n) is 8.26. The number of aryl methyl sites for hydroxylation is 1. The molecule has 8 nitrogen and oxygen atoms in total. The molecule has 6 atom stereocenters. The summed E-state index contributed by atoms with van der Waals surface area (Å²) in [5.41, 5.74) is 0.134. The van der Waals surface area contributed by atoms with E-state index in [9.17, 15) is 19.5 Å². The van der Waals surface area contributed by atoms with Crippen LogP contribution >= 0.6 is 11.6 Å². The minimum Gasteiger partial charge on any atom is -0.394 e. The lowest BCUT2D eigenvalue weighted by atomic mass is 9.66. The Labute approximate surface area is 221 Å². The predicted octanol–water partition coefficient (Wildman–Crippen LogP) is 3.05. The Morgan fingerprint density at radius 2 is 1.89 bits per heavy atom. The topological polar surface area (TPSA) is 108 Å². The lowest BCUT2D eigenvalue weighted by Gasteiger charge is -2.35. The van der Waals surface area contributed by atoms with Crippen molar-refractivity contribution in [3.8, 4) is 0 Å². The van der Waals surface area contributed by atoms with E-state index in [1.54, 1.807) is 19.1 Å². The first-order chi connectivity index (χ1) is 17.6. The molecule has 3 amide bonds. The summed E-state index contributed by atoms with van der Waals surface area (Å²) in [6.45, 7) is 5.38. The van der Waals surface area contributed by atoms with Crippen molar-refractivity contribution in [2.24, 2.45) is 11.8 Å². The molecule has 0 aliphatic carbocycles. The number of rotatable bonds is 7. The Morgan fingerprint density at radius 3 is 2.57 bits per heavy atom. The monoisotopic (exact) mass is 525 g/mol. The van der Waals surface area contributed by atoms with Gasteiger partial charge >= 0.3 is 0 Å². The number of nitrogens with one attached hydrogen (secondary N) is 2. The van der Waals surface area contributed by atoms with Crippen LogP contribution in [0.15, 0.2) is 48.5 Å². The van der Waals surface area contributed by atoms with E-state index in [0.29, 0.717) is 30.1 Å². The smallest absolute Gasteiger partial charge is 0.250 e. The van der Waals surface area contributed by atoms with Gasteiger partial charge in [-0.2, -0.15) is 0 Å². The number of benzene rings is 2. The van der Waals surface area contributed by atoms with Gasteiger partial charge in [0.05, 0.1) is 40.8 Å². The molecule has 2 aromatic rings. The summed E-state index contributed by atoms with van der Waals surface area (Å²) < 4.78 is 6.59. The number of nitrogens with zero attached hydrogens (tertiary/aromatic N) is 1. The molecular formula is C28H32ClN3O5. The second-order valence-corrected chi connectivity index (χ2v) is 11.0. The molecule has 196 valence electrons. The van der Waals surface area contributed by atoms with E-state index in [1.807, 2.05) is 50.2 Å². The standard InChI is InChI=1S/C28H32ClN3O5/c1-16-8-7-11-19(29)22(16)31-25(35)23-28-13-12-27(3,37-28)20(21(28)26(36)32(23)17(2)15-33)24(34)30-14-18-9-5-4-6-10-18/h4-11,17,20-21,23,33H,12-15H2,1-3H3,(H,30,34)(H,31,35)/t17-,20-,21+,23?,27+,28?/m1/s1. The number of para-hydroxylation sites is 1. The molecule has 0 radical (unpaired) electrons. The SMILES string of the molecule is Cc1cccc(Cl)c1NC(=O)C1N([C@H](C)CO)C(=O)[C@@H]2[C@H](C(=O)NCc3ccccc3)[C@]3(C)CCC12O3. The number of halogens is 1. The highest BCUT2D eigenvalue weighted by atomic mass is 35.5. The average molecular weight is 526 g/mol. The van der Waals surface area contributed by atoms with Crippen molar-refractivity contribution >= 4 is 35.0 Å². The van der Waals surface area contributed by atoms with E-state index in [-0.39, 0.29) is 18.4 Å². The number of hydrogen-bond donors (Lipinski definition) is 3. The van der Waals surface area contributed by atoms with Crippen LogP contribution in [-0.2, 0) is 25.7 Å². The van der Waals surface area contributed by atoms with Gasteiger partial charge in [-0.25, -0.2) is 0 Å². The van der Waals surface area contributed by atoms with Crippen LogP contribution in [0.25, 0.3) is 0 Å². The van der Waals surface area contributed by atoms with Crippen molar-refractivity contribution in [1.82, 2.24) is 10.2 Å². The molecular weight excluding hydrogens is 494 g/mol. The Kier molecular flexibility index (Phi) is 6.54. The molecule has 3 aliphatic rings. The van der Waals surface area contributed by atoms with Crippen LogP contribution in [0.2, 0.25) is 5.02 Å². The van der Waals surface area contributed by atoms with Crippen molar-refractivity contribution in [2.45, 2.75) is 63.4 Å². The van der Waals surface area contributed by atoms with Gasteiger partial charge in [0.15, 0.2) is 0 Å². The zero-order valence-corrected chi connectivity index (χ0v) is 21.9. The zero-order chi connectivity index (χ0) is 26.5. The van der Waals surface area contributed by atoms with Gasteiger partial charge in [-0.3, -0.25) is 14.4 Å². The predicted molar refractivity (Wildman–Crippen MR) is 139 cm³/mol. The molecule has 5 rings (SSSR count). The molecule has 2 bridgehead atoms. The van der Waals surface area contributed by atoms with Crippen molar-refractivity contribution in [3.63, 3.8) is 0 Å². The van der Waals surface area contributed by atoms with E-state index in [0.717, 1.165) is 11.1 Å². The fourth-order valence-electron chi connectivity index (χ4n) is 6.50. The highest BCUT2D eigenvalue weighted by Gasteiger charge is 2.78. The molecule has 3 fully saturated rings. The van der Waals surface area contributed by atoms with Gasteiger partial charge in [0.1, 0.15) is 11.6 Å². The van der Waals surface area contributed by atoms with Gasteiger partial charge in [0, 0.05) is 6.54 Å². The summed E-state index contributed by atoms with van der Waals surface area (Å²) in [5, 5.41) is 16.3. The van der Waals surface area contributed by atoms with Crippen LogP contribution in [-0.4, -0.2) is 57.6 Å². The molecule has 37 heavy (non-hydrogen) atoms. The Balaban J connectivity index is 1.49. The Morgan fingerprint density at radius 1 is 1.16 bits per heavy atom.